The fourth-order valence-corrected chi connectivity index (χ4v) is 3.81. The molecule has 5 nitrogen and oxygen atoms in total. The van der Waals surface area contributed by atoms with Crippen LogP contribution < -0.4 is 5.73 Å². The number of likely N-dealkylation sites (N-methyl/N-ethyl adjacent to an activating group) is 1. The molecule has 2 N–H and O–H groups in total. The average molecular weight is 313 g/mol. The summed E-state index contributed by atoms with van der Waals surface area (Å²) in [5.41, 5.74) is 6.19. The molecule has 2 rings (SSSR count). The highest BCUT2D eigenvalue weighted by Crippen LogP contribution is 2.18. The molecule has 20 heavy (non-hydrogen) atoms. The molecule has 0 amide bonds. The molecule has 0 radical (unpaired) electrons. The van der Waals surface area contributed by atoms with Crippen LogP contribution in [0.3, 0.4) is 0 Å². The lowest BCUT2D eigenvalue weighted by molar-refractivity contribution is 0.347. The second-order valence-electron chi connectivity index (χ2n) is 4.95. The van der Waals surface area contributed by atoms with E-state index >= 15 is 0 Å². The Hall–Kier alpha value is -1.02. The van der Waals surface area contributed by atoms with Crippen molar-refractivity contribution in [3.63, 3.8) is 0 Å². The number of nitrogens with two attached hydrogens (primary N) is 1. The molecule has 0 aromatic heterocycles. The Balaban J connectivity index is 2.23. The second kappa shape index (κ2) is 6.17. The number of sulfonamides is 1. The molecule has 0 spiro atoms. The van der Waals surface area contributed by atoms with Gasteiger partial charge in [0.15, 0.2) is 0 Å². The normalized spacial score (nSPS) is 18.6. The first-order valence-corrected chi connectivity index (χ1v) is 8.34. The number of hydrogen-bond donors (Lipinski definition) is 1. The minimum absolute atomic E-state index is 0.269. The maximum absolute atomic E-state index is 12.6. The van der Waals surface area contributed by atoms with E-state index in [4.69, 9.17) is 18.0 Å². The van der Waals surface area contributed by atoms with E-state index in [2.05, 4.69) is 4.90 Å². The maximum Gasteiger partial charge on any atom is 0.243 e. The fraction of sp³-hybridized carbons (Fsp3) is 0.462. The van der Waals surface area contributed by atoms with Crippen LogP contribution in [0.2, 0.25) is 0 Å². The molecule has 0 saturated carbocycles. The molecular formula is C13H19N3O2S2. The van der Waals surface area contributed by atoms with E-state index in [0.717, 1.165) is 19.5 Å². The molecule has 1 aromatic rings. The zero-order chi connectivity index (χ0) is 14.8. The van der Waals surface area contributed by atoms with Crippen LogP contribution in [0.5, 0.6) is 0 Å². The van der Waals surface area contributed by atoms with Gasteiger partial charge in [-0.1, -0.05) is 24.4 Å². The molecule has 1 aliphatic rings. The number of hydrogen-bond acceptors (Lipinski definition) is 4. The maximum atomic E-state index is 12.6. The third-order valence-corrected chi connectivity index (χ3v) is 5.60. The lowest BCUT2D eigenvalue weighted by atomic mass is 10.2. The van der Waals surface area contributed by atoms with E-state index in [9.17, 15) is 8.42 Å². The summed E-state index contributed by atoms with van der Waals surface area (Å²) in [6.07, 6.45) is 0.848. The van der Waals surface area contributed by atoms with Gasteiger partial charge in [-0.25, -0.2) is 8.42 Å². The minimum Gasteiger partial charge on any atom is -0.389 e. The molecule has 1 aromatic carbocycles. The largest absolute Gasteiger partial charge is 0.389 e. The molecule has 1 aliphatic heterocycles. The Kier molecular flexibility index (Phi) is 4.74. The van der Waals surface area contributed by atoms with Crippen molar-refractivity contribution in [1.82, 2.24) is 9.21 Å². The zero-order valence-electron chi connectivity index (χ0n) is 11.4. The summed E-state index contributed by atoms with van der Waals surface area (Å²) in [4.78, 5) is 2.71. The number of thiocarbonyl (C=S) groups is 1. The molecule has 1 heterocycles. The molecule has 1 saturated heterocycles. The van der Waals surface area contributed by atoms with Crippen molar-refractivity contribution in [3.05, 3.63) is 29.8 Å². The highest BCUT2D eigenvalue weighted by atomic mass is 32.2. The number of rotatable bonds is 3. The summed E-state index contributed by atoms with van der Waals surface area (Å²) < 4.78 is 26.7. The summed E-state index contributed by atoms with van der Waals surface area (Å²) in [6, 6.07) is 6.44. The van der Waals surface area contributed by atoms with Gasteiger partial charge in [0.1, 0.15) is 4.99 Å². The van der Waals surface area contributed by atoms with Gasteiger partial charge in [0.05, 0.1) is 4.90 Å². The van der Waals surface area contributed by atoms with Crippen molar-refractivity contribution in [2.75, 3.05) is 33.2 Å². The van der Waals surface area contributed by atoms with Crippen molar-refractivity contribution in [3.8, 4) is 0 Å². The topological polar surface area (TPSA) is 66.6 Å². The second-order valence-corrected chi connectivity index (χ2v) is 7.33. The van der Waals surface area contributed by atoms with E-state index in [1.807, 2.05) is 7.05 Å². The Bertz CT molecular complexity index is 584. The van der Waals surface area contributed by atoms with E-state index in [1.165, 1.54) is 0 Å². The molecular weight excluding hydrogens is 294 g/mol. The van der Waals surface area contributed by atoms with Gasteiger partial charge in [0, 0.05) is 25.2 Å². The van der Waals surface area contributed by atoms with Gasteiger partial charge in [-0.3, -0.25) is 0 Å². The minimum atomic E-state index is -3.43. The summed E-state index contributed by atoms with van der Waals surface area (Å²) in [7, 11) is -1.42. The first kappa shape index (κ1) is 15.4. The SMILES string of the molecule is CN1CCCN(S(=O)(=O)c2ccc(C(N)=S)cc2)CC1. The molecule has 0 unspecified atom stereocenters. The van der Waals surface area contributed by atoms with E-state index in [0.29, 0.717) is 23.5 Å². The molecule has 7 heteroatoms. The third kappa shape index (κ3) is 3.35. The van der Waals surface area contributed by atoms with Gasteiger partial charge in [0.25, 0.3) is 0 Å². The van der Waals surface area contributed by atoms with Crippen LogP contribution >= 0.6 is 12.2 Å². The van der Waals surface area contributed by atoms with E-state index in [1.54, 1.807) is 28.6 Å². The number of nitrogens with zero attached hydrogens (tertiary/aromatic N) is 2. The van der Waals surface area contributed by atoms with E-state index in [-0.39, 0.29) is 4.99 Å². The Morgan fingerprint density at radius 2 is 1.80 bits per heavy atom. The van der Waals surface area contributed by atoms with Crippen LogP contribution in [-0.2, 0) is 10.0 Å². The monoisotopic (exact) mass is 313 g/mol. The van der Waals surface area contributed by atoms with Gasteiger partial charge in [-0.05, 0) is 32.1 Å². The smallest absolute Gasteiger partial charge is 0.243 e. The zero-order valence-corrected chi connectivity index (χ0v) is 13.1. The molecule has 0 bridgehead atoms. The highest BCUT2D eigenvalue weighted by molar-refractivity contribution is 7.89. The van der Waals surface area contributed by atoms with Gasteiger partial charge in [-0.2, -0.15) is 4.31 Å². The summed E-state index contributed by atoms with van der Waals surface area (Å²) >= 11 is 4.87. The molecule has 110 valence electrons. The molecule has 0 atom stereocenters. The number of benzene rings is 1. The van der Waals surface area contributed by atoms with Crippen LogP contribution in [0.25, 0.3) is 0 Å². The first-order chi connectivity index (χ1) is 9.41. The molecule has 0 aliphatic carbocycles. The van der Waals surface area contributed by atoms with Crippen molar-refractivity contribution in [1.29, 1.82) is 0 Å². The van der Waals surface area contributed by atoms with Crippen molar-refractivity contribution in [2.24, 2.45) is 5.73 Å². The fourth-order valence-electron chi connectivity index (χ4n) is 2.20. The quantitative estimate of drug-likeness (QED) is 0.830. The van der Waals surface area contributed by atoms with Gasteiger partial charge in [0.2, 0.25) is 10.0 Å². The average Bonchev–Trinajstić information content (AvgIpc) is 2.64. The van der Waals surface area contributed by atoms with Crippen molar-refractivity contribution in [2.45, 2.75) is 11.3 Å². The van der Waals surface area contributed by atoms with Crippen LogP contribution in [0, 0.1) is 0 Å². The highest BCUT2D eigenvalue weighted by Gasteiger charge is 2.25. The van der Waals surface area contributed by atoms with Crippen molar-refractivity contribution < 1.29 is 8.42 Å². The van der Waals surface area contributed by atoms with Gasteiger partial charge in [-0.15, -0.1) is 0 Å². The lowest BCUT2D eigenvalue weighted by Gasteiger charge is -2.20. The van der Waals surface area contributed by atoms with E-state index < -0.39 is 10.0 Å². The summed E-state index contributed by atoms with van der Waals surface area (Å²) in [5.74, 6) is 0. The third-order valence-electron chi connectivity index (χ3n) is 3.46. The Morgan fingerprint density at radius 1 is 1.15 bits per heavy atom. The van der Waals surface area contributed by atoms with Crippen molar-refractivity contribution >= 4 is 27.2 Å². The summed E-state index contributed by atoms with van der Waals surface area (Å²) in [6.45, 7) is 2.76. The first-order valence-electron chi connectivity index (χ1n) is 6.50. The Labute approximate surface area is 125 Å². The van der Waals surface area contributed by atoms with Crippen LogP contribution in [0.1, 0.15) is 12.0 Å². The van der Waals surface area contributed by atoms with Crippen LogP contribution in [0.4, 0.5) is 0 Å². The van der Waals surface area contributed by atoms with Gasteiger partial charge >= 0.3 is 0 Å². The predicted octanol–water partition coefficient (Wildman–Crippen LogP) is 0.647. The standard InChI is InChI=1S/C13H19N3O2S2/c1-15-7-2-8-16(10-9-15)20(17,18)12-5-3-11(4-6-12)13(14)19/h3-6H,2,7-10H2,1H3,(H2,14,19). The lowest BCUT2D eigenvalue weighted by Crippen LogP contribution is -2.34. The van der Waals surface area contributed by atoms with Crippen LogP contribution in [0.15, 0.2) is 29.2 Å². The Morgan fingerprint density at radius 3 is 2.40 bits per heavy atom. The van der Waals surface area contributed by atoms with Crippen LogP contribution in [-0.4, -0.2) is 55.8 Å². The molecule has 1 fully saturated rings. The summed E-state index contributed by atoms with van der Waals surface area (Å²) in [5, 5.41) is 0. The predicted molar refractivity (Wildman–Crippen MR) is 83.2 cm³/mol. The van der Waals surface area contributed by atoms with Gasteiger partial charge < -0.3 is 10.6 Å².